The molecule has 0 spiro atoms. The van der Waals surface area contributed by atoms with Crippen molar-refractivity contribution in [2.75, 3.05) is 19.6 Å². The molecular weight excluding hydrogens is 400 g/mol. The number of likely N-dealkylation sites (tertiary alicyclic amines) is 1. The molecule has 0 radical (unpaired) electrons. The molecule has 5 nitrogen and oxygen atoms in total. The number of hydrogen-bond acceptors (Lipinski definition) is 3. The molecule has 3 unspecified atom stereocenters. The number of carbonyl (C=O) groups is 2. The van der Waals surface area contributed by atoms with Crippen molar-refractivity contribution >= 4 is 11.8 Å². The Balaban J connectivity index is 1.06. The fraction of sp³-hybridized carbons (Fsp3) is 0.704. The highest BCUT2D eigenvalue weighted by Gasteiger charge is 2.38. The third-order valence-electron chi connectivity index (χ3n) is 8.54. The van der Waals surface area contributed by atoms with Crippen molar-refractivity contribution < 1.29 is 14.3 Å². The molecule has 5 rings (SSSR count). The van der Waals surface area contributed by atoms with Crippen LogP contribution < -0.4 is 10.1 Å². The predicted octanol–water partition coefficient (Wildman–Crippen LogP) is 4.80. The summed E-state index contributed by atoms with van der Waals surface area (Å²) >= 11 is 0. The van der Waals surface area contributed by atoms with E-state index >= 15 is 0 Å². The van der Waals surface area contributed by atoms with Gasteiger partial charge in [0, 0.05) is 44.0 Å². The number of nitrogens with one attached hydrogen (secondary N) is 1. The first kappa shape index (κ1) is 21.8. The van der Waals surface area contributed by atoms with E-state index in [-0.39, 0.29) is 17.9 Å². The Morgan fingerprint density at radius 2 is 1.81 bits per heavy atom. The lowest BCUT2D eigenvalue weighted by atomic mass is 9.86. The molecule has 32 heavy (non-hydrogen) atoms. The summed E-state index contributed by atoms with van der Waals surface area (Å²) in [5, 5.41) is 3.12. The summed E-state index contributed by atoms with van der Waals surface area (Å²) < 4.78 is 6.20. The molecule has 3 aliphatic carbocycles. The Morgan fingerprint density at radius 3 is 2.53 bits per heavy atom. The zero-order valence-electron chi connectivity index (χ0n) is 19.3. The maximum absolute atomic E-state index is 12.7. The van der Waals surface area contributed by atoms with Crippen LogP contribution in [0.1, 0.15) is 81.0 Å². The minimum absolute atomic E-state index is 0.00409. The van der Waals surface area contributed by atoms with Gasteiger partial charge >= 0.3 is 0 Å². The summed E-state index contributed by atoms with van der Waals surface area (Å²) in [6, 6.07) is 7.56. The molecule has 3 saturated carbocycles. The Bertz CT molecular complexity index is 811. The molecule has 0 aromatic heterocycles. The number of nitrogens with zero attached hydrogens (tertiary/aromatic N) is 1. The van der Waals surface area contributed by atoms with Gasteiger partial charge in [0.15, 0.2) is 0 Å². The topological polar surface area (TPSA) is 58.6 Å². The maximum Gasteiger partial charge on any atom is 0.251 e. The van der Waals surface area contributed by atoms with Crippen LogP contribution in [0, 0.1) is 23.7 Å². The van der Waals surface area contributed by atoms with Gasteiger partial charge in [0.25, 0.3) is 5.91 Å². The summed E-state index contributed by atoms with van der Waals surface area (Å²) in [5.74, 6) is 4.05. The molecule has 2 amide bonds. The van der Waals surface area contributed by atoms with Gasteiger partial charge in [-0.05, 0) is 74.5 Å². The molecule has 174 valence electrons. The fourth-order valence-electron chi connectivity index (χ4n) is 6.73. The van der Waals surface area contributed by atoms with Crippen molar-refractivity contribution in [3.8, 4) is 5.75 Å². The van der Waals surface area contributed by atoms with Crippen molar-refractivity contribution in [1.82, 2.24) is 10.2 Å². The first-order valence-corrected chi connectivity index (χ1v) is 13.0. The standard InChI is InChI=1S/C27H38N2O3/c30-26(28-13-10-22-17-19-8-9-21(22)16-19)23-6-3-7-25(18-23)32-24-11-14-29(15-12-24)27(31)20-4-1-2-5-20/h3,6-7,18-22,24H,1-2,4-5,8-17H2,(H,28,30). The molecule has 1 aliphatic heterocycles. The van der Waals surface area contributed by atoms with E-state index in [2.05, 4.69) is 5.32 Å². The van der Waals surface area contributed by atoms with E-state index in [1.54, 1.807) is 0 Å². The Hall–Kier alpha value is -2.04. The van der Waals surface area contributed by atoms with Gasteiger partial charge < -0.3 is 15.0 Å². The Labute approximate surface area is 192 Å². The summed E-state index contributed by atoms with van der Waals surface area (Å²) in [7, 11) is 0. The Kier molecular flexibility index (Phi) is 6.70. The lowest BCUT2D eigenvalue weighted by Gasteiger charge is -2.33. The molecule has 2 bridgehead atoms. The number of ether oxygens (including phenoxy) is 1. The second kappa shape index (κ2) is 9.84. The van der Waals surface area contributed by atoms with Crippen molar-refractivity contribution in [3.05, 3.63) is 29.8 Å². The van der Waals surface area contributed by atoms with Crippen LogP contribution in [0.15, 0.2) is 24.3 Å². The van der Waals surface area contributed by atoms with E-state index < -0.39 is 0 Å². The molecule has 1 saturated heterocycles. The molecule has 1 aromatic carbocycles. The third-order valence-corrected chi connectivity index (χ3v) is 8.54. The first-order valence-electron chi connectivity index (χ1n) is 13.0. The zero-order chi connectivity index (χ0) is 21.9. The largest absolute Gasteiger partial charge is 0.490 e. The SMILES string of the molecule is O=C(NCCC1CC2CCC1C2)c1cccc(OC2CCN(C(=O)C3CCCC3)CC2)c1. The molecule has 3 atom stereocenters. The molecule has 1 N–H and O–H groups in total. The van der Waals surface area contributed by atoms with Crippen molar-refractivity contribution in [3.63, 3.8) is 0 Å². The van der Waals surface area contributed by atoms with Gasteiger partial charge in [-0.2, -0.15) is 0 Å². The van der Waals surface area contributed by atoms with Crippen molar-refractivity contribution in [2.24, 2.45) is 23.7 Å². The second-order valence-corrected chi connectivity index (χ2v) is 10.6. The average molecular weight is 439 g/mol. The van der Waals surface area contributed by atoms with Crippen LogP contribution in [-0.2, 0) is 4.79 Å². The van der Waals surface area contributed by atoms with Gasteiger partial charge in [-0.3, -0.25) is 9.59 Å². The Morgan fingerprint density at radius 1 is 1.00 bits per heavy atom. The molecule has 1 aromatic rings. The summed E-state index contributed by atoms with van der Waals surface area (Å²) in [6.45, 7) is 2.33. The number of fused-ring (bicyclic) bond motifs is 2. The van der Waals surface area contributed by atoms with Gasteiger partial charge in [-0.25, -0.2) is 0 Å². The second-order valence-electron chi connectivity index (χ2n) is 10.6. The van der Waals surface area contributed by atoms with Gasteiger partial charge in [0.2, 0.25) is 5.91 Å². The quantitative estimate of drug-likeness (QED) is 0.665. The van der Waals surface area contributed by atoms with E-state index in [1.807, 2.05) is 29.2 Å². The average Bonchev–Trinajstić information content (AvgIpc) is 3.58. The lowest BCUT2D eigenvalue weighted by molar-refractivity contribution is -0.137. The highest BCUT2D eigenvalue weighted by Crippen LogP contribution is 2.49. The van der Waals surface area contributed by atoms with Gasteiger partial charge in [0.05, 0.1) is 0 Å². The van der Waals surface area contributed by atoms with Crippen LogP contribution in [0.3, 0.4) is 0 Å². The van der Waals surface area contributed by atoms with Crippen LogP contribution in [0.4, 0.5) is 0 Å². The van der Waals surface area contributed by atoms with Crippen LogP contribution in [0.25, 0.3) is 0 Å². The normalized spacial score (nSPS) is 28.2. The lowest BCUT2D eigenvalue weighted by Crippen LogP contribution is -2.44. The van der Waals surface area contributed by atoms with E-state index in [0.717, 1.165) is 75.2 Å². The van der Waals surface area contributed by atoms with Gasteiger partial charge in [-0.15, -0.1) is 0 Å². The monoisotopic (exact) mass is 438 g/mol. The number of rotatable bonds is 7. The van der Waals surface area contributed by atoms with Crippen LogP contribution in [-0.4, -0.2) is 42.5 Å². The van der Waals surface area contributed by atoms with Gasteiger partial charge in [-0.1, -0.05) is 25.3 Å². The van der Waals surface area contributed by atoms with Crippen LogP contribution in [0.2, 0.25) is 0 Å². The van der Waals surface area contributed by atoms with Crippen LogP contribution in [0.5, 0.6) is 5.75 Å². The number of amides is 2. The predicted molar refractivity (Wildman–Crippen MR) is 125 cm³/mol. The highest BCUT2D eigenvalue weighted by molar-refractivity contribution is 5.94. The first-order chi connectivity index (χ1) is 15.7. The van der Waals surface area contributed by atoms with Crippen LogP contribution >= 0.6 is 0 Å². The minimum atomic E-state index is -0.00409. The smallest absolute Gasteiger partial charge is 0.251 e. The fourth-order valence-corrected chi connectivity index (χ4v) is 6.73. The number of benzene rings is 1. The van der Waals surface area contributed by atoms with E-state index in [9.17, 15) is 9.59 Å². The summed E-state index contributed by atoms with van der Waals surface area (Å²) in [6.07, 6.45) is 13.1. The number of hydrogen-bond donors (Lipinski definition) is 1. The minimum Gasteiger partial charge on any atom is -0.490 e. The summed E-state index contributed by atoms with van der Waals surface area (Å²) in [5.41, 5.74) is 0.671. The highest BCUT2D eigenvalue weighted by atomic mass is 16.5. The van der Waals surface area contributed by atoms with E-state index in [0.29, 0.717) is 11.5 Å². The third kappa shape index (κ3) is 4.97. The zero-order valence-corrected chi connectivity index (χ0v) is 19.3. The van der Waals surface area contributed by atoms with E-state index in [1.165, 1.54) is 38.5 Å². The molecular formula is C27H38N2O3. The van der Waals surface area contributed by atoms with Crippen molar-refractivity contribution in [2.45, 2.75) is 76.7 Å². The maximum atomic E-state index is 12.7. The number of carbonyl (C=O) groups excluding carboxylic acids is 2. The molecule has 4 aliphatic rings. The summed E-state index contributed by atoms with van der Waals surface area (Å²) in [4.78, 5) is 27.3. The molecule has 5 heteroatoms. The van der Waals surface area contributed by atoms with Gasteiger partial charge in [0.1, 0.15) is 11.9 Å². The van der Waals surface area contributed by atoms with Crippen molar-refractivity contribution in [1.29, 1.82) is 0 Å². The number of piperidine rings is 1. The molecule has 4 fully saturated rings. The van der Waals surface area contributed by atoms with E-state index in [4.69, 9.17) is 4.74 Å². The molecule has 1 heterocycles.